The predicted octanol–water partition coefficient (Wildman–Crippen LogP) is 1.93. The van der Waals surface area contributed by atoms with Crippen molar-refractivity contribution in [1.82, 2.24) is 20.9 Å². The van der Waals surface area contributed by atoms with Gasteiger partial charge in [0.25, 0.3) is 5.91 Å². The van der Waals surface area contributed by atoms with E-state index in [1.54, 1.807) is 20.8 Å². The van der Waals surface area contributed by atoms with Gasteiger partial charge in [-0.1, -0.05) is 30.3 Å². The molecule has 0 aliphatic heterocycles. The Bertz CT molecular complexity index is 1020. The van der Waals surface area contributed by atoms with E-state index in [1.807, 2.05) is 30.3 Å². The summed E-state index contributed by atoms with van der Waals surface area (Å²) >= 11 is 0. The fourth-order valence-electron chi connectivity index (χ4n) is 3.07. The van der Waals surface area contributed by atoms with E-state index in [1.165, 1.54) is 0 Å². The number of alkyl carbamates (subject to hydrolysis) is 1. The number of nitrogens with one attached hydrogen (secondary N) is 4. The summed E-state index contributed by atoms with van der Waals surface area (Å²) in [5, 5.41) is 24.2. The van der Waals surface area contributed by atoms with Crippen LogP contribution in [0.1, 0.15) is 61.6 Å². The van der Waals surface area contributed by atoms with Crippen molar-refractivity contribution in [2.45, 2.75) is 57.7 Å². The Balaban J connectivity index is 2.12. The molecule has 0 saturated heterocycles. The van der Waals surface area contributed by atoms with Crippen LogP contribution in [0.5, 0.6) is 0 Å². The molecular formula is C23H32N6O6. The van der Waals surface area contributed by atoms with Gasteiger partial charge in [-0.15, -0.1) is 0 Å². The number of ether oxygens (including phenoxy) is 1. The molecule has 1 unspecified atom stereocenters. The van der Waals surface area contributed by atoms with Crippen molar-refractivity contribution in [3.8, 4) is 0 Å². The summed E-state index contributed by atoms with van der Waals surface area (Å²) in [6.07, 6.45) is 1.23. The average molecular weight is 489 g/mol. The minimum atomic E-state index is -1.21. The molecule has 2 atom stereocenters. The third-order valence-electron chi connectivity index (χ3n) is 4.61. The number of hydrogen-bond donors (Lipinski definition) is 6. The number of carbonyl (C=O) groups is 3. The van der Waals surface area contributed by atoms with Crippen LogP contribution in [0, 0.1) is 5.41 Å². The number of nitrogens with zero attached hydrogens (tertiary/aromatic N) is 1. The van der Waals surface area contributed by atoms with Crippen LogP contribution in [0.3, 0.4) is 0 Å². The van der Waals surface area contributed by atoms with Gasteiger partial charge >= 0.3 is 12.1 Å². The van der Waals surface area contributed by atoms with E-state index in [2.05, 4.69) is 20.9 Å². The molecule has 12 heteroatoms. The number of amides is 2. The summed E-state index contributed by atoms with van der Waals surface area (Å²) in [6, 6.07) is 7.41. The monoisotopic (exact) mass is 488 g/mol. The lowest BCUT2D eigenvalue weighted by Gasteiger charge is -2.22. The van der Waals surface area contributed by atoms with E-state index in [4.69, 9.17) is 20.3 Å². The zero-order valence-electron chi connectivity index (χ0n) is 20.0. The van der Waals surface area contributed by atoms with Crippen molar-refractivity contribution in [1.29, 1.82) is 5.41 Å². The molecule has 0 fully saturated rings. The maximum atomic E-state index is 12.6. The Morgan fingerprint density at radius 2 is 1.89 bits per heavy atom. The molecule has 190 valence electrons. The molecule has 1 heterocycles. The van der Waals surface area contributed by atoms with E-state index < -0.39 is 35.7 Å². The molecule has 0 radical (unpaired) electrons. The molecule has 0 spiro atoms. The molecule has 12 nitrogen and oxygen atoms in total. The fraction of sp³-hybridized carbons (Fsp3) is 0.435. The SMILES string of the molecule is CC(C)(C)OC(=O)NC(Cc1ccccc1)c1nc(C(=O)N[C@@H](CCCNC(=N)N)C(=O)O)co1. The zero-order valence-corrected chi connectivity index (χ0v) is 20.0. The van der Waals surface area contributed by atoms with Crippen LogP contribution in [0.2, 0.25) is 0 Å². The van der Waals surface area contributed by atoms with Crippen molar-refractivity contribution < 1.29 is 28.6 Å². The van der Waals surface area contributed by atoms with Gasteiger partial charge in [0.2, 0.25) is 5.89 Å². The molecule has 2 amide bonds. The molecule has 0 aliphatic carbocycles. The average Bonchev–Trinajstić information content (AvgIpc) is 3.25. The Hall–Kier alpha value is -4.09. The second-order valence-corrected chi connectivity index (χ2v) is 8.81. The Morgan fingerprint density at radius 3 is 2.49 bits per heavy atom. The molecule has 1 aromatic heterocycles. The number of aliphatic carboxylic acids is 1. The summed E-state index contributed by atoms with van der Waals surface area (Å²) in [4.78, 5) is 40.7. The highest BCUT2D eigenvalue weighted by Crippen LogP contribution is 2.20. The Kier molecular flexibility index (Phi) is 9.62. The molecule has 0 aliphatic rings. The molecule has 1 aromatic carbocycles. The summed E-state index contributed by atoms with van der Waals surface area (Å²) < 4.78 is 10.8. The van der Waals surface area contributed by atoms with Crippen molar-refractivity contribution in [2.75, 3.05) is 6.54 Å². The molecule has 7 N–H and O–H groups in total. The minimum absolute atomic E-state index is 0.0717. The van der Waals surface area contributed by atoms with Crippen LogP contribution in [0.4, 0.5) is 4.79 Å². The minimum Gasteiger partial charge on any atom is -0.480 e. The molecule has 0 saturated carbocycles. The highest BCUT2D eigenvalue weighted by atomic mass is 16.6. The van der Waals surface area contributed by atoms with Crippen LogP contribution in [0.15, 0.2) is 41.0 Å². The summed E-state index contributed by atoms with van der Waals surface area (Å²) in [6.45, 7) is 5.50. The van der Waals surface area contributed by atoms with Gasteiger partial charge in [0.05, 0.1) is 0 Å². The van der Waals surface area contributed by atoms with Crippen LogP contribution in [-0.4, -0.2) is 52.2 Å². The first-order valence-corrected chi connectivity index (χ1v) is 11.0. The van der Waals surface area contributed by atoms with Crippen LogP contribution >= 0.6 is 0 Å². The van der Waals surface area contributed by atoms with Gasteiger partial charge in [-0.3, -0.25) is 10.2 Å². The van der Waals surface area contributed by atoms with Gasteiger partial charge in [0.1, 0.15) is 23.9 Å². The highest BCUT2D eigenvalue weighted by Gasteiger charge is 2.27. The number of aromatic nitrogens is 1. The Labute approximate surface area is 203 Å². The quantitative estimate of drug-likeness (QED) is 0.156. The van der Waals surface area contributed by atoms with E-state index in [0.717, 1.165) is 11.8 Å². The number of guanidine groups is 1. The van der Waals surface area contributed by atoms with E-state index >= 15 is 0 Å². The zero-order chi connectivity index (χ0) is 26.0. The predicted molar refractivity (Wildman–Crippen MR) is 127 cm³/mol. The van der Waals surface area contributed by atoms with E-state index in [-0.39, 0.29) is 24.0 Å². The second-order valence-electron chi connectivity index (χ2n) is 8.81. The van der Waals surface area contributed by atoms with Gasteiger partial charge in [-0.2, -0.15) is 0 Å². The number of nitrogens with two attached hydrogens (primary N) is 1. The number of carboxylic acids is 1. The first-order valence-electron chi connectivity index (χ1n) is 11.0. The maximum absolute atomic E-state index is 12.6. The number of benzene rings is 1. The fourth-order valence-corrected chi connectivity index (χ4v) is 3.07. The lowest BCUT2D eigenvalue weighted by Crippen LogP contribution is -2.41. The number of carbonyl (C=O) groups excluding carboxylic acids is 2. The smallest absolute Gasteiger partial charge is 0.408 e. The van der Waals surface area contributed by atoms with E-state index in [9.17, 15) is 19.5 Å². The summed E-state index contributed by atoms with van der Waals surface area (Å²) in [5.41, 5.74) is 5.25. The van der Waals surface area contributed by atoms with E-state index in [0.29, 0.717) is 19.4 Å². The van der Waals surface area contributed by atoms with Crippen molar-refractivity contribution in [3.05, 3.63) is 53.7 Å². The largest absolute Gasteiger partial charge is 0.480 e. The number of hydrogen-bond acceptors (Lipinski definition) is 7. The topological polar surface area (TPSA) is 193 Å². The Morgan fingerprint density at radius 1 is 1.20 bits per heavy atom. The number of rotatable bonds is 11. The number of oxazole rings is 1. The van der Waals surface area contributed by atoms with Crippen LogP contribution in [0.25, 0.3) is 0 Å². The second kappa shape index (κ2) is 12.4. The highest BCUT2D eigenvalue weighted by molar-refractivity contribution is 5.94. The third-order valence-corrected chi connectivity index (χ3v) is 4.61. The first kappa shape index (κ1) is 27.2. The van der Waals surface area contributed by atoms with Gasteiger partial charge < -0.3 is 35.9 Å². The third kappa shape index (κ3) is 9.74. The van der Waals surface area contributed by atoms with Gasteiger partial charge in [-0.25, -0.2) is 14.6 Å². The number of carboxylic acid groups (broad SMARTS) is 1. The van der Waals surface area contributed by atoms with Gasteiger partial charge in [0, 0.05) is 13.0 Å². The van der Waals surface area contributed by atoms with Crippen molar-refractivity contribution in [2.24, 2.45) is 5.73 Å². The summed E-state index contributed by atoms with van der Waals surface area (Å²) in [7, 11) is 0. The molecule has 35 heavy (non-hydrogen) atoms. The first-order chi connectivity index (χ1) is 16.4. The van der Waals surface area contributed by atoms with Crippen LogP contribution in [-0.2, 0) is 16.0 Å². The molecule has 2 rings (SSSR count). The van der Waals surface area contributed by atoms with Crippen molar-refractivity contribution in [3.63, 3.8) is 0 Å². The van der Waals surface area contributed by atoms with Crippen LogP contribution < -0.4 is 21.7 Å². The van der Waals surface area contributed by atoms with Gasteiger partial charge in [-0.05, 0) is 39.2 Å². The summed E-state index contributed by atoms with van der Waals surface area (Å²) in [5.74, 6) is -2.09. The molecule has 0 bridgehead atoms. The molecule has 2 aromatic rings. The lowest BCUT2D eigenvalue weighted by atomic mass is 10.1. The maximum Gasteiger partial charge on any atom is 0.408 e. The lowest BCUT2D eigenvalue weighted by molar-refractivity contribution is -0.139. The van der Waals surface area contributed by atoms with Gasteiger partial charge in [0.15, 0.2) is 11.7 Å². The normalized spacial score (nSPS) is 12.8. The van der Waals surface area contributed by atoms with Crippen molar-refractivity contribution >= 4 is 23.9 Å². The molecular weight excluding hydrogens is 456 g/mol. The standard InChI is InChI=1S/C23H32N6O6/c1-23(2,3)35-22(33)29-16(12-14-8-5-4-6-9-14)19-28-17(13-34-19)18(30)27-15(20(31)32)10-7-11-26-21(24)25/h4-6,8-9,13,15-16H,7,10-12H2,1-3H3,(H,27,30)(H,29,33)(H,31,32)(H4,24,25,26)/t15-,16?/m0/s1.